The molecule has 2 nitrogen and oxygen atoms in total. The highest BCUT2D eigenvalue weighted by Crippen LogP contribution is 2.20. The molecule has 0 heterocycles. The van der Waals surface area contributed by atoms with E-state index >= 15 is 0 Å². The van der Waals surface area contributed by atoms with Crippen molar-refractivity contribution in [2.24, 2.45) is 0 Å². The molecule has 1 unspecified atom stereocenters. The average molecular weight is 195 g/mol. The van der Waals surface area contributed by atoms with E-state index in [2.05, 4.69) is 17.5 Å². The van der Waals surface area contributed by atoms with Crippen molar-refractivity contribution in [3.63, 3.8) is 0 Å². The molecule has 1 saturated carbocycles. The summed E-state index contributed by atoms with van der Waals surface area (Å²) in [5.41, 5.74) is 0. The van der Waals surface area contributed by atoms with Crippen LogP contribution in [0.25, 0.3) is 0 Å². The largest absolute Gasteiger partial charge is 0.392 e. The van der Waals surface area contributed by atoms with E-state index in [4.69, 9.17) is 0 Å². The highest BCUT2D eigenvalue weighted by Gasteiger charge is 2.25. The van der Waals surface area contributed by atoms with Gasteiger partial charge in [0.15, 0.2) is 0 Å². The summed E-state index contributed by atoms with van der Waals surface area (Å²) in [7, 11) is 0. The van der Waals surface area contributed by atoms with E-state index in [1.54, 1.807) is 0 Å². The molecule has 0 radical (unpaired) electrons. The summed E-state index contributed by atoms with van der Waals surface area (Å²) >= 11 is 0. The molecule has 2 aliphatic carbocycles. The van der Waals surface area contributed by atoms with Crippen molar-refractivity contribution in [2.45, 2.75) is 63.1 Å². The van der Waals surface area contributed by atoms with Crippen LogP contribution < -0.4 is 5.32 Å². The van der Waals surface area contributed by atoms with Gasteiger partial charge in [-0.15, -0.1) is 0 Å². The van der Waals surface area contributed by atoms with Gasteiger partial charge in [-0.1, -0.05) is 25.0 Å². The zero-order valence-corrected chi connectivity index (χ0v) is 8.78. The Bertz CT molecular complexity index is 202. The lowest BCUT2D eigenvalue weighted by molar-refractivity contribution is 0.0841. The molecule has 14 heavy (non-hydrogen) atoms. The van der Waals surface area contributed by atoms with Crippen LogP contribution in [0, 0.1) is 0 Å². The smallest absolute Gasteiger partial charge is 0.0693 e. The summed E-state index contributed by atoms with van der Waals surface area (Å²) in [5, 5.41) is 13.4. The summed E-state index contributed by atoms with van der Waals surface area (Å²) in [4.78, 5) is 0. The summed E-state index contributed by atoms with van der Waals surface area (Å²) in [5.74, 6) is 0. The average Bonchev–Trinajstić information content (AvgIpc) is 2.23. The summed E-state index contributed by atoms with van der Waals surface area (Å²) < 4.78 is 0. The van der Waals surface area contributed by atoms with Crippen LogP contribution >= 0.6 is 0 Å². The molecule has 2 heteroatoms. The Morgan fingerprint density at radius 3 is 2.64 bits per heavy atom. The predicted molar refractivity (Wildman–Crippen MR) is 58.2 cm³/mol. The van der Waals surface area contributed by atoms with Crippen LogP contribution in [-0.4, -0.2) is 23.3 Å². The highest BCUT2D eigenvalue weighted by atomic mass is 16.3. The van der Waals surface area contributed by atoms with Crippen molar-refractivity contribution >= 4 is 0 Å². The molecule has 1 fully saturated rings. The maximum absolute atomic E-state index is 9.82. The maximum atomic E-state index is 9.82. The van der Waals surface area contributed by atoms with E-state index < -0.39 is 0 Å². The second-order valence-corrected chi connectivity index (χ2v) is 4.61. The Morgan fingerprint density at radius 2 is 1.93 bits per heavy atom. The van der Waals surface area contributed by atoms with Gasteiger partial charge in [0.05, 0.1) is 6.10 Å². The zero-order valence-electron chi connectivity index (χ0n) is 8.78. The first-order chi connectivity index (χ1) is 6.86. The quantitative estimate of drug-likeness (QED) is 0.660. The van der Waals surface area contributed by atoms with Crippen molar-refractivity contribution in [3.8, 4) is 0 Å². The number of rotatable bonds is 2. The van der Waals surface area contributed by atoms with Crippen LogP contribution in [0.15, 0.2) is 12.2 Å². The zero-order chi connectivity index (χ0) is 9.80. The van der Waals surface area contributed by atoms with E-state index in [9.17, 15) is 5.11 Å². The molecule has 0 amide bonds. The van der Waals surface area contributed by atoms with Gasteiger partial charge in [-0.2, -0.15) is 0 Å². The van der Waals surface area contributed by atoms with Crippen LogP contribution in [0.5, 0.6) is 0 Å². The van der Waals surface area contributed by atoms with Crippen LogP contribution in [0.2, 0.25) is 0 Å². The van der Waals surface area contributed by atoms with E-state index in [0.717, 1.165) is 19.3 Å². The van der Waals surface area contributed by atoms with Crippen molar-refractivity contribution in [2.75, 3.05) is 0 Å². The molecule has 80 valence electrons. The number of aliphatic hydroxyl groups excluding tert-OH is 1. The first-order valence-electron chi connectivity index (χ1n) is 5.95. The minimum absolute atomic E-state index is 0.102. The van der Waals surface area contributed by atoms with Gasteiger partial charge in [-0.3, -0.25) is 0 Å². The van der Waals surface area contributed by atoms with Gasteiger partial charge < -0.3 is 10.4 Å². The Morgan fingerprint density at radius 1 is 1.07 bits per heavy atom. The highest BCUT2D eigenvalue weighted by molar-refractivity contribution is 4.95. The lowest BCUT2D eigenvalue weighted by Crippen LogP contribution is -2.47. The molecule has 0 aromatic carbocycles. The Kier molecular flexibility index (Phi) is 3.60. The first-order valence-corrected chi connectivity index (χ1v) is 5.95. The van der Waals surface area contributed by atoms with Crippen molar-refractivity contribution in [3.05, 3.63) is 12.2 Å². The van der Waals surface area contributed by atoms with Crippen molar-refractivity contribution in [1.82, 2.24) is 5.32 Å². The van der Waals surface area contributed by atoms with E-state index in [1.165, 1.54) is 25.7 Å². The summed E-state index contributed by atoms with van der Waals surface area (Å²) in [6, 6.07) is 0.970. The van der Waals surface area contributed by atoms with Crippen molar-refractivity contribution < 1.29 is 5.11 Å². The Labute approximate surface area is 86.4 Å². The molecular weight excluding hydrogens is 174 g/mol. The summed E-state index contributed by atoms with van der Waals surface area (Å²) in [6.45, 7) is 0. The van der Waals surface area contributed by atoms with Gasteiger partial charge in [-0.25, -0.2) is 0 Å². The Balaban J connectivity index is 1.80. The number of allylic oxidation sites excluding steroid dienone is 1. The fraction of sp³-hybridized carbons (Fsp3) is 0.833. The van der Waals surface area contributed by atoms with E-state index in [0.29, 0.717) is 12.1 Å². The van der Waals surface area contributed by atoms with Gasteiger partial charge in [0.1, 0.15) is 0 Å². The molecule has 2 aliphatic rings. The van der Waals surface area contributed by atoms with E-state index in [1.807, 2.05) is 0 Å². The van der Waals surface area contributed by atoms with Crippen molar-refractivity contribution in [1.29, 1.82) is 0 Å². The topological polar surface area (TPSA) is 32.3 Å². The van der Waals surface area contributed by atoms with Gasteiger partial charge in [0.25, 0.3) is 0 Å². The van der Waals surface area contributed by atoms with Crippen LogP contribution in [0.1, 0.15) is 44.9 Å². The third-order valence-corrected chi connectivity index (χ3v) is 3.45. The lowest BCUT2D eigenvalue weighted by Gasteiger charge is -2.32. The molecule has 0 bridgehead atoms. The second kappa shape index (κ2) is 4.94. The Hall–Kier alpha value is -0.340. The van der Waals surface area contributed by atoms with Crippen LogP contribution in [-0.2, 0) is 0 Å². The molecular formula is C12H21NO. The number of hydrogen-bond donors (Lipinski definition) is 2. The number of aliphatic hydroxyl groups is 1. The standard InChI is InChI=1S/C12H21NO/c14-12-9-5-4-8-11(12)13-10-6-2-1-3-7-10/h1-2,10-14H,3-9H2/t10?,11-,12-/m0/s1. The van der Waals surface area contributed by atoms with Crippen LogP contribution in [0.4, 0.5) is 0 Å². The molecule has 2 rings (SSSR count). The molecule has 0 saturated heterocycles. The first kappa shape index (κ1) is 10.2. The minimum atomic E-state index is -0.102. The summed E-state index contributed by atoms with van der Waals surface area (Å²) in [6.07, 6.45) is 12.6. The predicted octanol–water partition coefficient (Wildman–Crippen LogP) is 1.99. The molecule has 0 aromatic heterocycles. The second-order valence-electron chi connectivity index (χ2n) is 4.61. The molecule has 0 aliphatic heterocycles. The lowest BCUT2D eigenvalue weighted by atomic mass is 9.90. The number of nitrogens with one attached hydrogen (secondary N) is 1. The molecule has 0 spiro atoms. The fourth-order valence-corrected chi connectivity index (χ4v) is 2.55. The minimum Gasteiger partial charge on any atom is -0.392 e. The van der Waals surface area contributed by atoms with Gasteiger partial charge in [0, 0.05) is 12.1 Å². The SMILES string of the molecule is O[C@H]1CCCC[C@@H]1NC1CC=CCC1. The molecule has 3 atom stereocenters. The van der Waals surface area contributed by atoms with Gasteiger partial charge in [-0.05, 0) is 32.1 Å². The monoisotopic (exact) mass is 195 g/mol. The third kappa shape index (κ3) is 2.58. The van der Waals surface area contributed by atoms with Gasteiger partial charge in [0.2, 0.25) is 0 Å². The maximum Gasteiger partial charge on any atom is 0.0693 e. The third-order valence-electron chi connectivity index (χ3n) is 3.45. The normalized spacial score (nSPS) is 38.5. The molecule has 0 aromatic rings. The fourth-order valence-electron chi connectivity index (χ4n) is 2.55. The number of hydrogen-bond acceptors (Lipinski definition) is 2. The van der Waals surface area contributed by atoms with Crippen LogP contribution in [0.3, 0.4) is 0 Å². The van der Waals surface area contributed by atoms with E-state index in [-0.39, 0.29) is 6.10 Å². The van der Waals surface area contributed by atoms with Gasteiger partial charge >= 0.3 is 0 Å². The molecule has 2 N–H and O–H groups in total.